The van der Waals surface area contributed by atoms with Crippen LogP contribution in [0, 0.1) is 11.3 Å². The van der Waals surface area contributed by atoms with Gasteiger partial charge in [0.15, 0.2) is 0 Å². The molecule has 2 heterocycles. The van der Waals surface area contributed by atoms with Crippen molar-refractivity contribution in [1.29, 1.82) is 0 Å². The lowest BCUT2D eigenvalue weighted by Crippen LogP contribution is -2.33. The minimum absolute atomic E-state index is 0. The summed E-state index contributed by atoms with van der Waals surface area (Å²) < 4.78 is 0. The Kier molecular flexibility index (Phi) is 8.02. The molecule has 0 radical (unpaired) electrons. The Hall–Kier alpha value is -2.15. The topological polar surface area (TPSA) is 83.1 Å². The van der Waals surface area contributed by atoms with Crippen LogP contribution < -0.4 is 16.0 Å². The zero-order chi connectivity index (χ0) is 18.7. The van der Waals surface area contributed by atoms with Crippen molar-refractivity contribution < 1.29 is 9.59 Å². The number of benzene rings is 1. The first-order valence-corrected chi connectivity index (χ1v) is 9.45. The van der Waals surface area contributed by atoms with Crippen LogP contribution in [-0.2, 0) is 11.3 Å². The van der Waals surface area contributed by atoms with E-state index in [0.717, 1.165) is 37.9 Å². The van der Waals surface area contributed by atoms with Gasteiger partial charge in [0.2, 0.25) is 5.91 Å². The van der Waals surface area contributed by atoms with E-state index in [2.05, 4.69) is 20.9 Å². The molecule has 4 rings (SSSR count). The van der Waals surface area contributed by atoms with Crippen LogP contribution in [0.15, 0.2) is 48.8 Å². The van der Waals surface area contributed by atoms with Gasteiger partial charge in [-0.2, -0.15) is 0 Å². The van der Waals surface area contributed by atoms with Gasteiger partial charge in [0.25, 0.3) is 5.91 Å². The molecule has 8 heteroatoms. The van der Waals surface area contributed by atoms with Crippen molar-refractivity contribution in [3.8, 4) is 0 Å². The second-order valence-corrected chi connectivity index (χ2v) is 7.48. The highest BCUT2D eigenvalue weighted by atomic mass is 35.5. The van der Waals surface area contributed by atoms with Crippen LogP contribution in [0.1, 0.15) is 35.2 Å². The molecule has 29 heavy (non-hydrogen) atoms. The van der Waals surface area contributed by atoms with Crippen molar-refractivity contribution in [3.63, 3.8) is 0 Å². The van der Waals surface area contributed by atoms with E-state index in [9.17, 15) is 9.59 Å². The summed E-state index contributed by atoms with van der Waals surface area (Å²) in [6.45, 7) is 2.47. The standard InChI is InChI=1S/C21H24N4O2.2ClH/c26-19(25-17-4-8-22-9-5-17)16-3-1-2-15(12-16)14-24-20(27)18-13-21(18)6-10-23-11-7-21;;/h1-5,8-9,12,18,23H,6-7,10-11,13-14H2,(H,24,27)(H,22,25,26);2*1H. The van der Waals surface area contributed by atoms with E-state index < -0.39 is 0 Å². The molecule has 1 aliphatic heterocycles. The Morgan fingerprint density at radius 3 is 2.55 bits per heavy atom. The number of halogens is 2. The highest BCUT2D eigenvalue weighted by molar-refractivity contribution is 6.04. The van der Waals surface area contributed by atoms with E-state index in [-0.39, 0.29) is 48.0 Å². The molecule has 6 nitrogen and oxygen atoms in total. The fourth-order valence-corrected chi connectivity index (χ4v) is 3.97. The summed E-state index contributed by atoms with van der Waals surface area (Å²) in [4.78, 5) is 28.8. The molecule has 2 aromatic rings. The number of piperidine rings is 1. The highest BCUT2D eigenvalue weighted by Crippen LogP contribution is 2.58. The molecule has 0 bridgehead atoms. The molecule has 1 aromatic carbocycles. The number of amides is 2. The van der Waals surface area contributed by atoms with E-state index in [1.165, 1.54) is 0 Å². The van der Waals surface area contributed by atoms with Crippen LogP contribution >= 0.6 is 24.8 Å². The predicted octanol–water partition coefficient (Wildman–Crippen LogP) is 3.18. The predicted molar refractivity (Wildman–Crippen MR) is 118 cm³/mol. The lowest BCUT2D eigenvalue weighted by Gasteiger charge is -2.23. The van der Waals surface area contributed by atoms with Crippen LogP contribution in [0.2, 0.25) is 0 Å². The van der Waals surface area contributed by atoms with Gasteiger partial charge in [-0.25, -0.2) is 0 Å². The molecular weight excluding hydrogens is 411 g/mol. The number of nitrogens with one attached hydrogen (secondary N) is 3. The summed E-state index contributed by atoms with van der Waals surface area (Å²) in [6.07, 6.45) is 6.46. The molecule has 1 saturated heterocycles. The largest absolute Gasteiger partial charge is 0.352 e. The number of hydrogen-bond donors (Lipinski definition) is 3. The van der Waals surface area contributed by atoms with Gasteiger partial charge in [-0.15, -0.1) is 24.8 Å². The first-order chi connectivity index (χ1) is 13.2. The van der Waals surface area contributed by atoms with Crippen LogP contribution in [0.5, 0.6) is 0 Å². The summed E-state index contributed by atoms with van der Waals surface area (Å²) in [7, 11) is 0. The lowest BCUT2D eigenvalue weighted by atomic mass is 9.92. The Bertz CT molecular complexity index is 842. The summed E-state index contributed by atoms with van der Waals surface area (Å²) in [5.41, 5.74) is 2.43. The maximum Gasteiger partial charge on any atom is 0.255 e. The molecule has 2 amide bonds. The second kappa shape index (κ2) is 10.1. The van der Waals surface area contributed by atoms with Crippen molar-refractivity contribution in [3.05, 3.63) is 59.9 Å². The van der Waals surface area contributed by atoms with Gasteiger partial charge in [-0.1, -0.05) is 12.1 Å². The molecule has 1 spiro atoms. The number of aromatic nitrogens is 1. The van der Waals surface area contributed by atoms with Gasteiger partial charge in [0, 0.05) is 36.1 Å². The molecule has 1 atom stereocenters. The number of rotatable bonds is 5. The fourth-order valence-electron chi connectivity index (χ4n) is 3.97. The summed E-state index contributed by atoms with van der Waals surface area (Å²) in [6, 6.07) is 10.9. The van der Waals surface area contributed by atoms with Crippen LogP contribution in [0.4, 0.5) is 5.69 Å². The molecule has 1 saturated carbocycles. The maximum atomic E-state index is 12.5. The third kappa shape index (κ3) is 5.47. The molecule has 2 fully saturated rings. The Morgan fingerprint density at radius 1 is 1.10 bits per heavy atom. The van der Waals surface area contributed by atoms with Gasteiger partial charge < -0.3 is 16.0 Å². The average molecular weight is 437 g/mol. The van der Waals surface area contributed by atoms with Crippen LogP contribution in [0.25, 0.3) is 0 Å². The van der Waals surface area contributed by atoms with E-state index in [1.54, 1.807) is 30.6 Å². The van der Waals surface area contributed by atoms with Gasteiger partial charge in [-0.05, 0) is 67.6 Å². The number of anilines is 1. The molecule has 1 unspecified atom stereocenters. The molecule has 3 N–H and O–H groups in total. The second-order valence-electron chi connectivity index (χ2n) is 7.48. The zero-order valence-electron chi connectivity index (χ0n) is 16.0. The zero-order valence-corrected chi connectivity index (χ0v) is 17.7. The number of pyridine rings is 1. The minimum Gasteiger partial charge on any atom is -0.352 e. The van der Waals surface area contributed by atoms with E-state index in [1.807, 2.05) is 18.2 Å². The Morgan fingerprint density at radius 2 is 1.83 bits per heavy atom. The molecule has 156 valence electrons. The monoisotopic (exact) mass is 436 g/mol. The average Bonchev–Trinajstić information content (AvgIpc) is 3.40. The number of hydrogen-bond acceptors (Lipinski definition) is 4. The molecule has 2 aliphatic rings. The van der Waals surface area contributed by atoms with Crippen molar-refractivity contribution in [1.82, 2.24) is 15.6 Å². The van der Waals surface area contributed by atoms with Gasteiger partial charge >= 0.3 is 0 Å². The van der Waals surface area contributed by atoms with E-state index in [0.29, 0.717) is 17.8 Å². The smallest absolute Gasteiger partial charge is 0.255 e. The minimum atomic E-state index is -0.176. The first-order valence-electron chi connectivity index (χ1n) is 9.45. The number of carbonyl (C=O) groups is 2. The Balaban J connectivity index is 0.00000150. The van der Waals surface area contributed by atoms with Gasteiger partial charge in [0.05, 0.1) is 0 Å². The Labute approximate surface area is 183 Å². The van der Waals surface area contributed by atoms with Crippen molar-refractivity contribution in [2.75, 3.05) is 18.4 Å². The van der Waals surface area contributed by atoms with Gasteiger partial charge in [0.1, 0.15) is 0 Å². The summed E-state index contributed by atoms with van der Waals surface area (Å²) >= 11 is 0. The van der Waals surface area contributed by atoms with E-state index in [4.69, 9.17) is 0 Å². The van der Waals surface area contributed by atoms with Crippen molar-refractivity contribution in [2.24, 2.45) is 11.3 Å². The molecule has 1 aliphatic carbocycles. The quantitative estimate of drug-likeness (QED) is 0.671. The van der Waals surface area contributed by atoms with Crippen LogP contribution in [0.3, 0.4) is 0 Å². The molecular formula is C21H26Cl2N4O2. The van der Waals surface area contributed by atoms with E-state index >= 15 is 0 Å². The SMILES string of the molecule is Cl.Cl.O=C(Nc1ccncc1)c1cccc(CNC(=O)C2CC23CCNCC3)c1. The van der Waals surface area contributed by atoms with Crippen LogP contribution in [-0.4, -0.2) is 29.9 Å². The third-order valence-corrected chi connectivity index (χ3v) is 5.70. The fraction of sp³-hybridized carbons (Fsp3) is 0.381. The number of carbonyl (C=O) groups excluding carboxylic acids is 2. The number of nitrogens with zero attached hydrogens (tertiary/aromatic N) is 1. The van der Waals surface area contributed by atoms with Crippen molar-refractivity contribution >= 4 is 42.3 Å². The van der Waals surface area contributed by atoms with Gasteiger partial charge in [-0.3, -0.25) is 14.6 Å². The first kappa shape index (κ1) is 23.1. The summed E-state index contributed by atoms with van der Waals surface area (Å²) in [5, 5.41) is 9.25. The normalized spacial score (nSPS) is 18.7. The maximum absolute atomic E-state index is 12.5. The lowest BCUT2D eigenvalue weighted by molar-refractivity contribution is -0.123. The third-order valence-electron chi connectivity index (χ3n) is 5.70. The van der Waals surface area contributed by atoms with Crippen molar-refractivity contribution in [2.45, 2.75) is 25.8 Å². The highest BCUT2D eigenvalue weighted by Gasteiger charge is 2.57. The molecule has 1 aromatic heterocycles. The summed E-state index contributed by atoms with van der Waals surface area (Å²) in [5.74, 6) is 0.117.